The molecule has 114 valence electrons. The number of anilines is 2. The quantitative estimate of drug-likeness (QED) is 0.734. The molecule has 0 aliphatic carbocycles. The van der Waals surface area contributed by atoms with E-state index >= 15 is 0 Å². The average molecular weight is 308 g/mol. The summed E-state index contributed by atoms with van der Waals surface area (Å²) < 4.78 is 5.48. The van der Waals surface area contributed by atoms with Crippen LogP contribution in [0.4, 0.5) is 11.9 Å². The summed E-state index contributed by atoms with van der Waals surface area (Å²) in [4.78, 5) is 17.0. The Morgan fingerprint density at radius 1 is 1.14 bits per heavy atom. The third-order valence-corrected chi connectivity index (χ3v) is 3.33. The van der Waals surface area contributed by atoms with Gasteiger partial charge in [0, 0.05) is 31.1 Å². The Morgan fingerprint density at radius 3 is 2.62 bits per heavy atom. The molecule has 0 radical (unpaired) electrons. The van der Waals surface area contributed by atoms with Crippen molar-refractivity contribution in [2.24, 2.45) is 0 Å². The van der Waals surface area contributed by atoms with Gasteiger partial charge in [0.05, 0.1) is 11.6 Å². The number of ether oxygens (including phenoxy) is 1. The highest BCUT2D eigenvalue weighted by atomic mass is 32.1. The Balaban J connectivity index is 1.97. The summed E-state index contributed by atoms with van der Waals surface area (Å²) in [5.41, 5.74) is 0. The molecule has 0 aromatic carbocycles. The normalized spacial score (nSPS) is 10.4. The van der Waals surface area contributed by atoms with E-state index in [4.69, 9.17) is 4.74 Å². The number of nitrogens with zero attached hydrogens (tertiary/aromatic N) is 4. The molecule has 0 bridgehead atoms. The van der Waals surface area contributed by atoms with Crippen LogP contribution in [0.5, 0.6) is 6.01 Å². The van der Waals surface area contributed by atoms with Gasteiger partial charge in [-0.25, -0.2) is 4.98 Å². The second-order valence-corrected chi connectivity index (χ2v) is 5.23. The maximum Gasteiger partial charge on any atom is 0.323 e. The third kappa shape index (κ3) is 5.14. The van der Waals surface area contributed by atoms with Crippen LogP contribution in [0.3, 0.4) is 0 Å². The molecule has 0 unspecified atom stereocenters. The molecule has 0 amide bonds. The van der Waals surface area contributed by atoms with Crippen LogP contribution >= 0.6 is 11.3 Å². The Morgan fingerprint density at radius 2 is 1.95 bits per heavy atom. The summed E-state index contributed by atoms with van der Waals surface area (Å²) in [6.45, 7) is 6.09. The predicted molar refractivity (Wildman–Crippen MR) is 84.1 cm³/mol. The number of thiazole rings is 1. The summed E-state index contributed by atoms with van der Waals surface area (Å²) in [5.74, 6) is 1.04. The first-order chi connectivity index (χ1) is 10.3. The number of rotatable bonds is 9. The lowest BCUT2D eigenvalue weighted by Crippen LogP contribution is -2.12. The van der Waals surface area contributed by atoms with E-state index in [9.17, 15) is 0 Å². The molecule has 21 heavy (non-hydrogen) atoms. The van der Waals surface area contributed by atoms with Crippen molar-refractivity contribution in [3.8, 4) is 6.01 Å². The molecule has 0 aliphatic heterocycles. The lowest BCUT2D eigenvalue weighted by atomic mass is 10.4. The fraction of sp³-hybridized carbons (Fsp3) is 0.538. The van der Waals surface area contributed by atoms with E-state index < -0.39 is 0 Å². The van der Waals surface area contributed by atoms with E-state index in [-0.39, 0.29) is 0 Å². The van der Waals surface area contributed by atoms with Crippen LogP contribution in [0, 0.1) is 0 Å². The molecule has 0 saturated carbocycles. The highest BCUT2D eigenvalue weighted by Crippen LogP contribution is 2.12. The van der Waals surface area contributed by atoms with Crippen molar-refractivity contribution in [2.75, 3.05) is 30.3 Å². The van der Waals surface area contributed by atoms with Crippen molar-refractivity contribution >= 4 is 23.2 Å². The van der Waals surface area contributed by atoms with E-state index in [1.807, 2.05) is 25.4 Å². The fourth-order valence-corrected chi connectivity index (χ4v) is 2.21. The van der Waals surface area contributed by atoms with Gasteiger partial charge in [-0.05, 0) is 13.3 Å². The molecule has 0 atom stereocenters. The molecule has 2 aromatic heterocycles. The first-order valence-corrected chi connectivity index (χ1v) is 7.94. The van der Waals surface area contributed by atoms with Gasteiger partial charge < -0.3 is 15.4 Å². The van der Waals surface area contributed by atoms with Crippen LogP contribution in [0.1, 0.15) is 25.3 Å². The molecule has 8 heteroatoms. The van der Waals surface area contributed by atoms with E-state index in [0.29, 0.717) is 24.5 Å². The molecule has 0 saturated heterocycles. The van der Waals surface area contributed by atoms with Crippen LogP contribution < -0.4 is 15.4 Å². The van der Waals surface area contributed by atoms with Crippen molar-refractivity contribution in [3.05, 3.63) is 16.6 Å². The van der Waals surface area contributed by atoms with Crippen LogP contribution in [0.2, 0.25) is 0 Å². The van der Waals surface area contributed by atoms with Crippen LogP contribution in [0.25, 0.3) is 0 Å². The van der Waals surface area contributed by atoms with Gasteiger partial charge in [0.1, 0.15) is 0 Å². The molecular weight excluding hydrogens is 288 g/mol. The van der Waals surface area contributed by atoms with Crippen LogP contribution in [0.15, 0.2) is 11.6 Å². The fourth-order valence-electron chi connectivity index (χ4n) is 1.59. The number of aromatic nitrogens is 4. The highest BCUT2D eigenvalue weighted by molar-refractivity contribution is 7.09. The zero-order chi connectivity index (χ0) is 14.9. The van der Waals surface area contributed by atoms with Crippen molar-refractivity contribution in [1.29, 1.82) is 0 Å². The largest absolute Gasteiger partial charge is 0.463 e. The van der Waals surface area contributed by atoms with Gasteiger partial charge in [-0.15, -0.1) is 11.3 Å². The molecule has 2 rings (SSSR count). The Kier molecular flexibility index (Phi) is 6.14. The van der Waals surface area contributed by atoms with Crippen molar-refractivity contribution in [3.63, 3.8) is 0 Å². The first-order valence-electron chi connectivity index (χ1n) is 7.06. The van der Waals surface area contributed by atoms with E-state index in [0.717, 1.165) is 30.9 Å². The lowest BCUT2D eigenvalue weighted by Gasteiger charge is -2.09. The summed E-state index contributed by atoms with van der Waals surface area (Å²) in [6, 6.07) is 0.347. The Labute approximate surface area is 128 Å². The molecule has 0 spiro atoms. The third-order valence-electron chi connectivity index (χ3n) is 2.49. The minimum atomic E-state index is 0.347. The summed E-state index contributed by atoms with van der Waals surface area (Å²) in [5, 5.41) is 9.32. The second-order valence-electron chi connectivity index (χ2n) is 4.25. The summed E-state index contributed by atoms with van der Waals surface area (Å²) in [7, 11) is 0. The van der Waals surface area contributed by atoms with Crippen molar-refractivity contribution in [1.82, 2.24) is 19.9 Å². The van der Waals surface area contributed by atoms with Crippen molar-refractivity contribution < 1.29 is 4.74 Å². The van der Waals surface area contributed by atoms with E-state index in [1.165, 1.54) is 0 Å². The average Bonchev–Trinajstić information content (AvgIpc) is 2.99. The molecule has 0 fully saturated rings. The van der Waals surface area contributed by atoms with Gasteiger partial charge in [0.15, 0.2) is 0 Å². The molecule has 2 N–H and O–H groups in total. The number of nitrogens with one attached hydrogen (secondary N) is 2. The lowest BCUT2D eigenvalue weighted by molar-refractivity contribution is 0.292. The molecule has 7 nitrogen and oxygen atoms in total. The van der Waals surface area contributed by atoms with E-state index in [2.05, 4.69) is 30.6 Å². The Hall–Kier alpha value is -1.96. The molecule has 0 aliphatic rings. The maximum absolute atomic E-state index is 5.48. The zero-order valence-corrected chi connectivity index (χ0v) is 13.1. The van der Waals surface area contributed by atoms with Gasteiger partial charge in [-0.1, -0.05) is 6.92 Å². The van der Waals surface area contributed by atoms with Crippen LogP contribution in [-0.2, 0) is 6.42 Å². The standard InChI is InChI=1S/C13H20N6OS/c1-3-8-20-13-18-11(14-4-2)17-12(19-13)16-6-5-10-15-7-9-21-10/h7,9H,3-6,8H2,1-2H3,(H2,14,16,17,18,19). The minimum absolute atomic E-state index is 0.347. The van der Waals surface area contributed by atoms with Gasteiger partial charge >= 0.3 is 6.01 Å². The maximum atomic E-state index is 5.48. The van der Waals surface area contributed by atoms with Crippen molar-refractivity contribution in [2.45, 2.75) is 26.7 Å². The summed E-state index contributed by atoms with van der Waals surface area (Å²) >= 11 is 1.64. The highest BCUT2D eigenvalue weighted by Gasteiger charge is 2.07. The van der Waals surface area contributed by atoms with Crippen LogP contribution in [-0.4, -0.2) is 39.6 Å². The number of hydrogen-bond acceptors (Lipinski definition) is 8. The topological polar surface area (TPSA) is 84.9 Å². The van der Waals surface area contributed by atoms with Gasteiger partial charge in [0.25, 0.3) is 0 Å². The monoisotopic (exact) mass is 308 g/mol. The number of hydrogen-bond donors (Lipinski definition) is 2. The Bertz CT molecular complexity index is 533. The smallest absolute Gasteiger partial charge is 0.323 e. The summed E-state index contributed by atoms with van der Waals surface area (Å²) in [6.07, 6.45) is 3.56. The zero-order valence-electron chi connectivity index (χ0n) is 12.3. The molecule has 2 heterocycles. The van der Waals surface area contributed by atoms with E-state index in [1.54, 1.807) is 11.3 Å². The molecular formula is C13H20N6OS. The minimum Gasteiger partial charge on any atom is -0.463 e. The molecule has 2 aromatic rings. The van der Waals surface area contributed by atoms with Gasteiger partial charge in [-0.2, -0.15) is 15.0 Å². The van der Waals surface area contributed by atoms with Gasteiger partial charge in [-0.3, -0.25) is 0 Å². The predicted octanol–water partition coefficient (Wildman–Crippen LogP) is 2.20. The second kappa shape index (κ2) is 8.35. The first kappa shape index (κ1) is 15.4. The van der Waals surface area contributed by atoms with Gasteiger partial charge in [0.2, 0.25) is 11.9 Å². The SMILES string of the molecule is CCCOc1nc(NCC)nc(NCCc2nccs2)n1.